The van der Waals surface area contributed by atoms with Gasteiger partial charge in [0.1, 0.15) is 5.82 Å². The molecule has 0 aliphatic heterocycles. The van der Waals surface area contributed by atoms with Crippen LogP contribution in [-0.4, -0.2) is 17.1 Å². The molecule has 1 heterocycles. The third kappa shape index (κ3) is 2.54. The van der Waals surface area contributed by atoms with Gasteiger partial charge in [-0.15, -0.1) is 0 Å². The number of H-pyrrole nitrogens is 1. The van der Waals surface area contributed by atoms with Gasteiger partial charge in [0, 0.05) is 5.56 Å². The van der Waals surface area contributed by atoms with Gasteiger partial charge in [-0.25, -0.2) is 9.37 Å². The van der Waals surface area contributed by atoms with Gasteiger partial charge in [0.2, 0.25) is 0 Å². The van der Waals surface area contributed by atoms with Crippen LogP contribution >= 0.6 is 0 Å². The molecule has 2 aromatic rings. The minimum Gasteiger partial charge on any atom is -0.494 e. The Morgan fingerprint density at radius 1 is 1.35 bits per heavy atom. The van der Waals surface area contributed by atoms with E-state index in [1.165, 1.54) is 13.2 Å². The zero-order valence-electron chi connectivity index (χ0n) is 12.0. The van der Waals surface area contributed by atoms with Crippen LogP contribution in [0.15, 0.2) is 24.4 Å². The van der Waals surface area contributed by atoms with Crippen molar-refractivity contribution in [1.82, 2.24) is 9.97 Å². The average molecular weight is 277 g/mol. The maximum absolute atomic E-state index is 13.7. The van der Waals surface area contributed by atoms with Crippen LogP contribution in [0.5, 0.6) is 5.75 Å². The molecule has 108 valence electrons. The Kier molecular flexibility index (Phi) is 4.09. The van der Waals surface area contributed by atoms with Crippen molar-refractivity contribution in [3.05, 3.63) is 36.0 Å². The number of halogens is 1. The van der Waals surface area contributed by atoms with Crippen molar-refractivity contribution in [2.45, 2.75) is 32.2 Å². The first-order valence-electron chi connectivity index (χ1n) is 6.72. The predicted octanol–water partition coefficient (Wildman–Crippen LogP) is 3.20. The standard InChI is InChI=1S/C15H20FN3O/c1-4-15(17,5-2)14-18-9-12(19-14)10-6-7-13(20-3)11(16)8-10/h6-9H,4-5,17H2,1-3H3,(H,18,19). The highest BCUT2D eigenvalue weighted by molar-refractivity contribution is 5.60. The summed E-state index contributed by atoms with van der Waals surface area (Å²) in [5, 5.41) is 0. The molecular weight excluding hydrogens is 257 g/mol. The Hall–Kier alpha value is -1.88. The van der Waals surface area contributed by atoms with Crippen LogP contribution in [0.25, 0.3) is 11.3 Å². The molecule has 0 amide bonds. The second kappa shape index (κ2) is 5.63. The van der Waals surface area contributed by atoms with E-state index in [9.17, 15) is 4.39 Å². The van der Waals surface area contributed by atoms with Crippen LogP contribution in [0, 0.1) is 5.82 Å². The Labute approximate surface area is 118 Å². The van der Waals surface area contributed by atoms with Crippen molar-refractivity contribution in [2.75, 3.05) is 7.11 Å². The maximum atomic E-state index is 13.7. The van der Waals surface area contributed by atoms with Crippen LogP contribution in [0.4, 0.5) is 4.39 Å². The molecule has 0 saturated carbocycles. The highest BCUT2D eigenvalue weighted by atomic mass is 19.1. The summed E-state index contributed by atoms with van der Waals surface area (Å²) in [6, 6.07) is 4.81. The normalized spacial score (nSPS) is 11.7. The van der Waals surface area contributed by atoms with Crippen LogP contribution in [-0.2, 0) is 5.54 Å². The summed E-state index contributed by atoms with van der Waals surface area (Å²) in [7, 11) is 1.44. The fraction of sp³-hybridized carbons (Fsp3) is 0.400. The van der Waals surface area contributed by atoms with Gasteiger partial charge in [-0.2, -0.15) is 0 Å². The lowest BCUT2D eigenvalue weighted by atomic mass is 9.93. The van der Waals surface area contributed by atoms with Crippen LogP contribution in [0.1, 0.15) is 32.5 Å². The number of aromatic nitrogens is 2. The average Bonchev–Trinajstić information content (AvgIpc) is 2.96. The number of nitrogens with two attached hydrogens (primary N) is 1. The molecular formula is C15H20FN3O. The van der Waals surface area contributed by atoms with Gasteiger partial charge < -0.3 is 15.5 Å². The minimum absolute atomic E-state index is 0.226. The van der Waals surface area contributed by atoms with E-state index in [0.717, 1.165) is 29.9 Å². The molecule has 1 aromatic carbocycles. The Morgan fingerprint density at radius 3 is 2.60 bits per heavy atom. The summed E-state index contributed by atoms with van der Waals surface area (Å²) < 4.78 is 18.6. The van der Waals surface area contributed by atoms with Crippen molar-refractivity contribution < 1.29 is 9.13 Å². The van der Waals surface area contributed by atoms with Crippen molar-refractivity contribution in [3.63, 3.8) is 0 Å². The Balaban J connectivity index is 2.36. The van der Waals surface area contributed by atoms with Crippen molar-refractivity contribution in [1.29, 1.82) is 0 Å². The molecule has 3 N–H and O–H groups in total. The number of hydrogen-bond donors (Lipinski definition) is 2. The van der Waals surface area contributed by atoms with Gasteiger partial charge >= 0.3 is 0 Å². The second-order valence-electron chi connectivity index (χ2n) is 4.86. The number of nitrogens with zero attached hydrogens (tertiary/aromatic N) is 1. The Morgan fingerprint density at radius 2 is 2.05 bits per heavy atom. The monoisotopic (exact) mass is 277 g/mol. The smallest absolute Gasteiger partial charge is 0.165 e. The molecule has 0 radical (unpaired) electrons. The van der Waals surface area contributed by atoms with Crippen molar-refractivity contribution in [2.24, 2.45) is 5.73 Å². The fourth-order valence-corrected chi connectivity index (χ4v) is 2.14. The van der Waals surface area contributed by atoms with E-state index < -0.39 is 11.4 Å². The topological polar surface area (TPSA) is 63.9 Å². The zero-order chi connectivity index (χ0) is 14.8. The van der Waals surface area contributed by atoms with Crippen molar-refractivity contribution in [3.8, 4) is 17.0 Å². The van der Waals surface area contributed by atoms with Crippen LogP contribution in [0.2, 0.25) is 0 Å². The van der Waals surface area contributed by atoms with E-state index in [4.69, 9.17) is 10.5 Å². The number of methoxy groups -OCH3 is 1. The molecule has 2 rings (SSSR count). The number of rotatable bonds is 5. The molecule has 0 aliphatic rings. The van der Waals surface area contributed by atoms with Gasteiger partial charge in [-0.3, -0.25) is 0 Å². The summed E-state index contributed by atoms with van der Waals surface area (Å²) in [4.78, 5) is 7.54. The first-order valence-corrected chi connectivity index (χ1v) is 6.72. The maximum Gasteiger partial charge on any atom is 0.165 e. The van der Waals surface area contributed by atoms with E-state index in [2.05, 4.69) is 9.97 Å². The van der Waals surface area contributed by atoms with E-state index in [0.29, 0.717) is 0 Å². The fourth-order valence-electron chi connectivity index (χ4n) is 2.14. The molecule has 20 heavy (non-hydrogen) atoms. The molecule has 0 atom stereocenters. The highest BCUT2D eigenvalue weighted by Crippen LogP contribution is 2.28. The number of hydrogen-bond acceptors (Lipinski definition) is 3. The molecule has 0 fully saturated rings. The number of benzene rings is 1. The molecule has 4 nitrogen and oxygen atoms in total. The SMILES string of the molecule is CCC(N)(CC)c1ncc(-c2ccc(OC)c(F)c2)[nH]1. The van der Waals surface area contributed by atoms with Crippen LogP contribution in [0.3, 0.4) is 0 Å². The first kappa shape index (κ1) is 14.5. The van der Waals surface area contributed by atoms with Gasteiger partial charge in [-0.05, 0) is 31.0 Å². The zero-order valence-corrected chi connectivity index (χ0v) is 12.0. The molecule has 0 aliphatic carbocycles. The van der Waals surface area contributed by atoms with E-state index >= 15 is 0 Å². The van der Waals surface area contributed by atoms with E-state index in [-0.39, 0.29) is 5.75 Å². The quantitative estimate of drug-likeness (QED) is 0.882. The van der Waals surface area contributed by atoms with Gasteiger partial charge in [0.15, 0.2) is 11.6 Å². The lowest BCUT2D eigenvalue weighted by Crippen LogP contribution is -2.36. The lowest BCUT2D eigenvalue weighted by Gasteiger charge is -2.23. The van der Waals surface area contributed by atoms with Gasteiger partial charge in [0.25, 0.3) is 0 Å². The molecule has 1 aromatic heterocycles. The summed E-state index contributed by atoms with van der Waals surface area (Å²) >= 11 is 0. The third-order valence-corrected chi connectivity index (χ3v) is 3.77. The second-order valence-corrected chi connectivity index (χ2v) is 4.86. The highest BCUT2D eigenvalue weighted by Gasteiger charge is 2.26. The minimum atomic E-state index is -0.469. The number of nitrogens with one attached hydrogen (secondary N) is 1. The predicted molar refractivity (Wildman–Crippen MR) is 77.0 cm³/mol. The lowest BCUT2D eigenvalue weighted by molar-refractivity contribution is 0.386. The largest absolute Gasteiger partial charge is 0.494 e. The van der Waals surface area contributed by atoms with E-state index in [1.807, 2.05) is 13.8 Å². The van der Waals surface area contributed by atoms with Crippen molar-refractivity contribution >= 4 is 0 Å². The third-order valence-electron chi connectivity index (χ3n) is 3.77. The summed E-state index contributed by atoms with van der Waals surface area (Å²) in [6.45, 7) is 4.05. The van der Waals surface area contributed by atoms with Gasteiger partial charge in [0.05, 0.1) is 24.5 Å². The number of aromatic amines is 1. The van der Waals surface area contributed by atoms with Gasteiger partial charge in [-0.1, -0.05) is 13.8 Å². The molecule has 0 unspecified atom stereocenters. The molecule has 0 saturated heterocycles. The molecule has 0 spiro atoms. The first-order chi connectivity index (χ1) is 9.54. The summed E-state index contributed by atoms with van der Waals surface area (Å²) in [5.41, 5.74) is 7.30. The van der Waals surface area contributed by atoms with E-state index in [1.54, 1.807) is 18.3 Å². The molecule has 0 bridgehead atoms. The number of imidazole rings is 1. The summed E-state index contributed by atoms with van der Waals surface area (Å²) in [5.74, 6) is 0.559. The van der Waals surface area contributed by atoms with Crippen LogP contribution < -0.4 is 10.5 Å². The number of ether oxygens (including phenoxy) is 1. The summed E-state index contributed by atoms with van der Waals surface area (Å²) in [6.07, 6.45) is 3.25. The Bertz CT molecular complexity index is 591. The molecule has 5 heteroatoms.